The zero-order valence-electron chi connectivity index (χ0n) is 12.1. The average molecular weight is 296 g/mol. The molecule has 1 saturated heterocycles. The first kappa shape index (κ1) is 15.5. The van der Waals surface area contributed by atoms with Crippen molar-refractivity contribution >= 4 is 9.84 Å². The van der Waals surface area contributed by atoms with Crippen LogP contribution in [-0.4, -0.2) is 50.5 Å². The fourth-order valence-corrected chi connectivity index (χ4v) is 5.00. The highest BCUT2D eigenvalue weighted by Gasteiger charge is 2.40. The molecule has 0 aromatic heterocycles. The second-order valence-corrected chi connectivity index (χ2v) is 7.97. The Kier molecular flexibility index (Phi) is 4.83. The molecule has 1 atom stereocenters. The van der Waals surface area contributed by atoms with Crippen LogP contribution in [0.4, 0.5) is 0 Å². The van der Waals surface area contributed by atoms with Crippen LogP contribution < -0.4 is 5.73 Å². The molecule has 1 aromatic rings. The van der Waals surface area contributed by atoms with Crippen LogP contribution in [0, 0.1) is 0 Å². The van der Waals surface area contributed by atoms with E-state index in [0.717, 1.165) is 25.8 Å². The Morgan fingerprint density at radius 1 is 1.30 bits per heavy atom. The summed E-state index contributed by atoms with van der Waals surface area (Å²) in [4.78, 5) is 2.15. The fraction of sp³-hybridized carbons (Fsp3) is 0.600. The highest BCUT2D eigenvalue weighted by atomic mass is 32.2. The van der Waals surface area contributed by atoms with Gasteiger partial charge in [-0.1, -0.05) is 30.3 Å². The first-order valence-electron chi connectivity index (χ1n) is 7.13. The predicted octanol–water partition coefficient (Wildman–Crippen LogP) is 1.07. The Bertz CT molecular complexity index is 530. The second-order valence-electron chi connectivity index (χ2n) is 5.78. The Morgan fingerprint density at radius 3 is 2.60 bits per heavy atom. The maximum Gasteiger partial charge on any atom is 0.152 e. The Hall–Kier alpha value is -0.910. The van der Waals surface area contributed by atoms with Gasteiger partial charge in [-0.05, 0) is 31.9 Å². The van der Waals surface area contributed by atoms with Crippen LogP contribution in [-0.2, 0) is 16.3 Å². The van der Waals surface area contributed by atoms with E-state index in [1.54, 1.807) is 0 Å². The van der Waals surface area contributed by atoms with Crippen molar-refractivity contribution in [2.45, 2.75) is 24.8 Å². The highest BCUT2D eigenvalue weighted by Crippen LogP contribution is 2.27. The number of nitrogens with two attached hydrogens (primary N) is 1. The molecule has 2 rings (SSSR count). The predicted molar refractivity (Wildman–Crippen MR) is 82.4 cm³/mol. The van der Waals surface area contributed by atoms with Gasteiger partial charge in [0.15, 0.2) is 9.84 Å². The fourth-order valence-electron chi connectivity index (χ4n) is 2.97. The highest BCUT2D eigenvalue weighted by molar-refractivity contribution is 7.91. The molecular weight excluding hydrogens is 272 g/mol. The van der Waals surface area contributed by atoms with Crippen molar-refractivity contribution in [3.63, 3.8) is 0 Å². The van der Waals surface area contributed by atoms with Crippen molar-refractivity contribution in [2.24, 2.45) is 5.73 Å². The van der Waals surface area contributed by atoms with Gasteiger partial charge < -0.3 is 5.73 Å². The van der Waals surface area contributed by atoms with Crippen LogP contribution >= 0.6 is 0 Å². The number of hydrogen-bond donors (Lipinski definition) is 1. The molecule has 0 saturated carbocycles. The Labute approximate surface area is 121 Å². The molecule has 0 radical (unpaired) electrons. The van der Waals surface area contributed by atoms with E-state index in [2.05, 4.69) is 17.0 Å². The van der Waals surface area contributed by atoms with Crippen LogP contribution in [0.1, 0.15) is 18.4 Å². The maximum absolute atomic E-state index is 11.9. The van der Waals surface area contributed by atoms with Crippen LogP contribution in [0.15, 0.2) is 30.3 Å². The van der Waals surface area contributed by atoms with Crippen molar-refractivity contribution in [1.82, 2.24) is 4.90 Å². The summed E-state index contributed by atoms with van der Waals surface area (Å²) < 4.78 is 23.8. The van der Waals surface area contributed by atoms with Crippen LogP contribution in [0.25, 0.3) is 0 Å². The molecule has 0 amide bonds. The molecule has 1 unspecified atom stereocenters. The summed E-state index contributed by atoms with van der Waals surface area (Å²) in [6, 6.07) is 10.3. The van der Waals surface area contributed by atoms with Gasteiger partial charge in [-0.3, -0.25) is 4.90 Å². The summed E-state index contributed by atoms with van der Waals surface area (Å²) in [6.45, 7) is 1.23. The first-order valence-corrected chi connectivity index (χ1v) is 8.95. The molecular formula is C15H24N2O2S. The molecule has 4 nitrogen and oxygen atoms in total. The van der Waals surface area contributed by atoms with E-state index in [1.165, 1.54) is 5.56 Å². The maximum atomic E-state index is 11.9. The molecule has 20 heavy (non-hydrogen) atoms. The average Bonchev–Trinajstić information content (AvgIpc) is 2.44. The molecule has 1 heterocycles. The van der Waals surface area contributed by atoms with Crippen molar-refractivity contribution in [2.75, 3.05) is 31.6 Å². The lowest BCUT2D eigenvalue weighted by Crippen LogP contribution is -2.59. The second kappa shape index (κ2) is 6.24. The Morgan fingerprint density at radius 2 is 2.00 bits per heavy atom. The van der Waals surface area contributed by atoms with Gasteiger partial charge in [-0.15, -0.1) is 0 Å². The van der Waals surface area contributed by atoms with Gasteiger partial charge in [-0.25, -0.2) is 8.42 Å². The molecule has 0 spiro atoms. The number of likely N-dealkylation sites (N-methyl/N-ethyl adjacent to an activating group) is 1. The summed E-state index contributed by atoms with van der Waals surface area (Å²) in [5.41, 5.74) is 6.81. The molecule has 2 N–H and O–H groups in total. The van der Waals surface area contributed by atoms with Crippen LogP contribution in [0.5, 0.6) is 0 Å². The van der Waals surface area contributed by atoms with Crippen molar-refractivity contribution < 1.29 is 8.42 Å². The van der Waals surface area contributed by atoms with Gasteiger partial charge in [0.25, 0.3) is 0 Å². The van der Waals surface area contributed by atoms with Crippen molar-refractivity contribution in [3.05, 3.63) is 35.9 Å². The summed E-state index contributed by atoms with van der Waals surface area (Å²) in [5.74, 6) is 0.503. The molecule has 1 fully saturated rings. The molecule has 0 aliphatic carbocycles. The lowest BCUT2D eigenvalue weighted by molar-refractivity contribution is 0.133. The quantitative estimate of drug-likeness (QED) is 0.883. The standard InChI is InChI=1S/C15H24N2O2S/c1-17(10-8-14-6-3-2-4-7-14)15(12-16)9-5-11-20(18,19)13-15/h2-4,6-7H,5,8-13,16H2,1H3. The summed E-state index contributed by atoms with van der Waals surface area (Å²) in [5, 5.41) is 0. The lowest BCUT2D eigenvalue weighted by atomic mass is 9.93. The zero-order chi connectivity index (χ0) is 14.6. The smallest absolute Gasteiger partial charge is 0.152 e. The number of sulfone groups is 1. The summed E-state index contributed by atoms with van der Waals surface area (Å²) >= 11 is 0. The third-order valence-corrected chi connectivity index (χ3v) is 6.24. The van der Waals surface area contributed by atoms with Crippen molar-refractivity contribution in [3.8, 4) is 0 Å². The molecule has 5 heteroatoms. The molecule has 1 aromatic carbocycles. The van der Waals surface area contributed by atoms with Gasteiger partial charge in [0.2, 0.25) is 0 Å². The van der Waals surface area contributed by atoms with E-state index in [1.807, 2.05) is 25.2 Å². The first-order chi connectivity index (χ1) is 9.47. The molecule has 0 bridgehead atoms. The van der Waals surface area contributed by atoms with Gasteiger partial charge in [0.1, 0.15) is 0 Å². The molecule has 1 aliphatic heterocycles. The number of nitrogens with zero attached hydrogens (tertiary/aromatic N) is 1. The summed E-state index contributed by atoms with van der Waals surface area (Å²) in [6.07, 6.45) is 2.50. The van der Waals surface area contributed by atoms with E-state index in [-0.39, 0.29) is 11.3 Å². The van der Waals surface area contributed by atoms with E-state index in [0.29, 0.717) is 12.3 Å². The monoisotopic (exact) mass is 296 g/mol. The lowest BCUT2D eigenvalue weighted by Gasteiger charge is -2.43. The zero-order valence-corrected chi connectivity index (χ0v) is 12.9. The molecule has 112 valence electrons. The van der Waals surface area contributed by atoms with E-state index in [4.69, 9.17) is 5.73 Å². The number of hydrogen-bond acceptors (Lipinski definition) is 4. The van der Waals surface area contributed by atoms with Crippen LogP contribution in [0.3, 0.4) is 0 Å². The minimum Gasteiger partial charge on any atom is -0.329 e. The van der Waals surface area contributed by atoms with Gasteiger partial charge in [0, 0.05) is 18.6 Å². The largest absolute Gasteiger partial charge is 0.329 e. The SMILES string of the molecule is CN(CCc1ccccc1)C1(CN)CCCS(=O)(=O)C1. The van der Waals surface area contributed by atoms with Crippen LogP contribution in [0.2, 0.25) is 0 Å². The third-order valence-electron chi connectivity index (χ3n) is 4.35. The van der Waals surface area contributed by atoms with E-state index < -0.39 is 9.84 Å². The third kappa shape index (κ3) is 3.59. The van der Waals surface area contributed by atoms with Crippen molar-refractivity contribution in [1.29, 1.82) is 0 Å². The minimum absolute atomic E-state index is 0.196. The van der Waals surface area contributed by atoms with E-state index in [9.17, 15) is 8.42 Å². The van der Waals surface area contributed by atoms with Gasteiger partial charge in [0.05, 0.1) is 11.5 Å². The van der Waals surface area contributed by atoms with E-state index >= 15 is 0 Å². The normalized spacial score (nSPS) is 25.8. The minimum atomic E-state index is -2.95. The molecule has 1 aliphatic rings. The topological polar surface area (TPSA) is 63.4 Å². The Balaban J connectivity index is 2.03. The van der Waals surface area contributed by atoms with Gasteiger partial charge >= 0.3 is 0 Å². The number of rotatable bonds is 5. The number of benzene rings is 1. The van der Waals surface area contributed by atoms with Gasteiger partial charge in [-0.2, -0.15) is 0 Å². The summed E-state index contributed by atoms with van der Waals surface area (Å²) in [7, 11) is -0.955.